The zero-order chi connectivity index (χ0) is 18.2. The van der Waals surface area contributed by atoms with Crippen molar-refractivity contribution in [3.63, 3.8) is 0 Å². The summed E-state index contributed by atoms with van der Waals surface area (Å²) in [6.07, 6.45) is 6.98. The van der Waals surface area contributed by atoms with E-state index in [0.29, 0.717) is 6.10 Å². The average Bonchev–Trinajstić information content (AvgIpc) is 2.54. The Hall–Kier alpha value is -0.603. The summed E-state index contributed by atoms with van der Waals surface area (Å²) in [4.78, 5) is 0. The fourth-order valence-electron chi connectivity index (χ4n) is 5.38. The molecule has 0 N–H and O–H groups in total. The molecule has 1 saturated carbocycles. The number of hydrogen-bond donors (Lipinski definition) is 0. The first-order valence-electron chi connectivity index (χ1n) is 10.5. The summed E-state index contributed by atoms with van der Waals surface area (Å²) in [5, 5.41) is 1.85. The second-order valence-electron chi connectivity index (χ2n) is 10.1. The van der Waals surface area contributed by atoms with Gasteiger partial charge in [0.2, 0.25) is 8.32 Å². The Morgan fingerprint density at radius 1 is 1.12 bits per heavy atom. The lowest BCUT2D eigenvalue weighted by Crippen LogP contribution is -2.63. The maximum absolute atomic E-state index is 7.39. The maximum Gasteiger partial charge on any atom is 0.230 e. The van der Waals surface area contributed by atoms with Gasteiger partial charge in [-0.1, -0.05) is 72.2 Å². The number of aryl methyl sites for hydroxylation is 1. The van der Waals surface area contributed by atoms with Crippen LogP contribution in [0.3, 0.4) is 0 Å². The third-order valence-corrected chi connectivity index (χ3v) is 12.5. The Bertz CT molecular complexity index is 588. The number of hydrogen-bond acceptors (Lipinski definition) is 1. The first kappa shape index (κ1) is 19.2. The van der Waals surface area contributed by atoms with E-state index >= 15 is 0 Å². The van der Waals surface area contributed by atoms with Crippen molar-refractivity contribution in [2.24, 2.45) is 17.8 Å². The predicted octanol–water partition coefficient (Wildman–Crippen LogP) is 6.06. The van der Waals surface area contributed by atoms with Gasteiger partial charge < -0.3 is 4.43 Å². The average molecular weight is 359 g/mol. The van der Waals surface area contributed by atoms with Gasteiger partial charge in [-0.05, 0) is 65.3 Å². The van der Waals surface area contributed by atoms with Crippen molar-refractivity contribution < 1.29 is 4.43 Å². The van der Waals surface area contributed by atoms with Crippen LogP contribution in [0, 0.1) is 17.8 Å². The molecule has 3 rings (SSSR count). The Kier molecular flexibility index (Phi) is 5.51. The summed E-state index contributed by atoms with van der Waals surface area (Å²) in [5.41, 5.74) is 1.57. The number of rotatable bonds is 3. The van der Waals surface area contributed by atoms with Crippen LogP contribution in [-0.4, -0.2) is 14.4 Å². The minimum absolute atomic E-state index is 0.242. The van der Waals surface area contributed by atoms with Gasteiger partial charge in [-0.3, -0.25) is 0 Å². The molecule has 0 radical (unpaired) electrons. The molecule has 25 heavy (non-hydrogen) atoms. The zero-order valence-corrected chi connectivity index (χ0v) is 18.3. The van der Waals surface area contributed by atoms with E-state index in [9.17, 15) is 0 Å². The van der Waals surface area contributed by atoms with Crippen molar-refractivity contribution in [3.05, 3.63) is 29.8 Å². The molecule has 0 aromatic heterocycles. The van der Waals surface area contributed by atoms with E-state index < -0.39 is 8.32 Å². The Morgan fingerprint density at radius 2 is 1.84 bits per heavy atom. The molecule has 0 amide bonds. The first-order chi connectivity index (χ1) is 11.7. The standard InChI is InChI=1S/C23H38OSi/c1-17(2)20-14-13-18(3)16-21(20)24-25(23(4,5)6)15-9-11-19-10-7-8-12-22(19)25/h7-8,10,12,17-18,20-21H,9,11,13-16H2,1-6H3/t18-,20+,21-,25+/m1/s1. The molecule has 4 atom stereocenters. The van der Waals surface area contributed by atoms with Crippen molar-refractivity contribution in [1.29, 1.82) is 0 Å². The molecule has 1 nitrogen and oxygen atoms in total. The second kappa shape index (κ2) is 7.19. The summed E-state index contributed by atoms with van der Waals surface area (Å²) in [5.74, 6) is 2.27. The summed E-state index contributed by atoms with van der Waals surface area (Å²) < 4.78 is 7.39. The molecule has 1 aromatic carbocycles. The number of fused-ring (bicyclic) bond motifs is 1. The monoisotopic (exact) mass is 358 g/mol. The van der Waals surface area contributed by atoms with E-state index in [2.05, 4.69) is 65.8 Å². The van der Waals surface area contributed by atoms with Crippen molar-refractivity contribution in [2.45, 2.75) is 90.8 Å². The lowest BCUT2D eigenvalue weighted by atomic mass is 9.75. The highest BCUT2D eigenvalue weighted by Gasteiger charge is 2.52. The SMILES string of the molecule is CC(C)[C@@H]1CC[C@@H](C)C[C@H]1O[Si@@]1(C(C)(C)C)CCCc2ccccc21. The topological polar surface area (TPSA) is 9.23 Å². The van der Waals surface area contributed by atoms with Gasteiger partial charge in [-0.15, -0.1) is 0 Å². The van der Waals surface area contributed by atoms with Crippen LogP contribution in [0.5, 0.6) is 0 Å². The van der Waals surface area contributed by atoms with Crippen LogP contribution in [0.4, 0.5) is 0 Å². The minimum atomic E-state index is -2.01. The van der Waals surface area contributed by atoms with Crippen LogP contribution in [-0.2, 0) is 10.8 Å². The maximum atomic E-state index is 7.39. The van der Waals surface area contributed by atoms with E-state index in [1.807, 2.05) is 0 Å². The molecule has 2 aliphatic rings. The van der Waals surface area contributed by atoms with E-state index in [4.69, 9.17) is 4.43 Å². The van der Waals surface area contributed by atoms with Gasteiger partial charge in [-0.25, -0.2) is 0 Å². The van der Waals surface area contributed by atoms with Gasteiger partial charge in [0.15, 0.2) is 0 Å². The highest BCUT2D eigenvalue weighted by Crippen LogP contribution is 2.46. The minimum Gasteiger partial charge on any atom is -0.409 e. The van der Waals surface area contributed by atoms with E-state index in [0.717, 1.165) is 17.8 Å². The smallest absolute Gasteiger partial charge is 0.230 e. The van der Waals surface area contributed by atoms with Crippen molar-refractivity contribution in [2.75, 3.05) is 0 Å². The first-order valence-corrected chi connectivity index (χ1v) is 12.6. The molecule has 2 heteroatoms. The lowest BCUT2D eigenvalue weighted by molar-refractivity contribution is 0.0353. The van der Waals surface area contributed by atoms with Gasteiger partial charge in [0.25, 0.3) is 0 Å². The number of benzene rings is 1. The van der Waals surface area contributed by atoms with Crippen LogP contribution < -0.4 is 5.19 Å². The summed E-state index contributed by atoms with van der Waals surface area (Å²) >= 11 is 0. The molecule has 140 valence electrons. The molecule has 0 spiro atoms. The highest BCUT2D eigenvalue weighted by atomic mass is 28.4. The van der Waals surface area contributed by atoms with Gasteiger partial charge >= 0.3 is 0 Å². The summed E-state index contributed by atoms with van der Waals surface area (Å²) in [7, 11) is -2.01. The summed E-state index contributed by atoms with van der Waals surface area (Å²) in [6, 6.07) is 10.5. The predicted molar refractivity (Wildman–Crippen MR) is 111 cm³/mol. The Morgan fingerprint density at radius 3 is 2.52 bits per heavy atom. The Labute approximate surface area is 156 Å². The van der Waals surface area contributed by atoms with Crippen LogP contribution in [0.2, 0.25) is 11.1 Å². The van der Waals surface area contributed by atoms with E-state index in [1.165, 1.54) is 38.1 Å². The fraction of sp³-hybridized carbons (Fsp3) is 0.739. The normalized spacial score (nSPS) is 33.3. The second-order valence-corrected chi connectivity index (χ2v) is 14.5. The molecule has 1 aliphatic carbocycles. The van der Waals surface area contributed by atoms with Crippen LogP contribution in [0.25, 0.3) is 0 Å². The Balaban J connectivity index is 2.00. The molecule has 0 saturated heterocycles. The molecule has 1 fully saturated rings. The van der Waals surface area contributed by atoms with Gasteiger partial charge in [0.1, 0.15) is 0 Å². The summed E-state index contributed by atoms with van der Waals surface area (Å²) in [6.45, 7) is 14.6. The van der Waals surface area contributed by atoms with E-state index in [-0.39, 0.29) is 5.04 Å². The molecule has 0 bridgehead atoms. The lowest BCUT2D eigenvalue weighted by Gasteiger charge is -2.50. The van der Waals surface area contributed by atoms with Gasteiger partial charge in [0, 0.05) is 6.10 Å². The third-order valence-electron chi connectivity index (χ3n) is 6.95. The largest absolute Gasteiger partial charge is 0.409 e. The quantitative estimate of drug-likeness (QED) is 0.596. The van der Waals surface area contributed by atoms with Crippen molar-refractivity contribution in [1.82, 2.24) is 0 Å². The van der Waals surface area contributed by atoms with Crippen molar-refractivity contribution >= 4 is 13.5 Å². The molecular weight excluding hydrogens is 320 g/mol. The highest BCUT2D eigenvalue weighted by molar-refractivity contribution is 6.89. The molecule has 1 heterocycles. The molecular formula is C23H38OSi. The van der Waals surface area contributed by atoms with Crippen LogP contribution in [0.15, 0.2) is 24.3 Å². The van der Waals surface area contributed by atoms with E-state index in [1.54, 1.807) is 10.8 Å². The fourth-order valence-corrected chi connectivity index (χ4v) is 10.4. The van der Waals surface area contributed by atoms with Gasteiger partial charge in [0.05, 0.1) is 0 Å². The van der Waals surface area contributed by atoms with Crippen LogP contribution >= 0.6 is 0 Å². The third kappa shape index (κ3) is 3.62. The van der Waals surface area contributed by atoms with Gasteiger partial charge in [-0.2, -0.15) is 0 Å². The molecule has 0 unspecified atom stereocenters. The van der Waals surface area contributed by atoms with Crippen LogP contribution in [0.1, 0.15) is 72.8 Å². The zero-order valence-electron chi connectivity index (χ0n) is 17.3. The van der Waals surface area contributed by atoms with Crippen molar-refractivity contribution in [3.8, 4) is 0 Å². The molecule has 1 aliphatic heterocycles. The molecule has 1 aromatic rings.